The smallest absolute Gasteiger partial charge is 0.244 e. The molecule has 2 aliphatic rings. The van der Waals surface area contributed by atoms with Gasteiger partial charge in [-0.25, -0.2) is 8.42 Å². The first kappa shape index (κ1) is 21.6. The van der Waals surface area contributed by atoms with Gasteiger partial charge >= 0.3 is 0 Å². The van der Waals surface area contributed by atoms with Crippen molar-refractivity contribution in [2.24, 2.45) is 5.92 Å². The van der Waals surface area contributed by atoms with Crippen LogP contribution in [0.2, 0.25) is 10.0 Å². The van der Waals surface area contributed by atoms with Crippen LogP contribution in [0.4, 0.5) is 0 Å². The molecule has 1 aromatic carbocycles. The van der Waals surface area contributed by atoms with Crippen molar-refractivity contribution in [2.45, 2.75) is 36.2 Å². The largest absolute Gasteiger partial charge is 0.383 e. The standard InChI is InChI=1S/C19H24Cl2N2O4S/c1-3-13-12-22(7-8-27-2)19(24)18-6-4-5-17(13)23(18)28(25,26)16-10-14(20)9-15(21)11-16/h3,9-11,13,17-18H,1,4-8,12H2,2H3/t13-,17-,18+/m1/s1. The molecule has 154 valence electrons. The minimum absolute atomic E-state index is 0.00264. The summed E-state index contributed by atoms with van der Waals surface area (Å²) in [7, 11) is -2.40. The van der Waals surface area contributed by atoms with Crippen LogP contribution in [-0.4, -0.2) is 62.4 Å². The van der Waals surface area contributed by atoms with Crippen LogP contribution in [0.25, 0.3) is 0 Å². The van der Waals surface area contributed by atoms with E-state index in [0.717, 1.165) is 6.42 Å². The highest BCUT2D eigenvalue weighted by atomic mass is 35.5. The van der Waals surface area contributed by atoms with Crippen LogP contribution in [0.1, 0.15) is 19.3 Å². The first-order valence-corrected chi connectivity index (χ1v) is 11.4. The molecule has 2 aliphatic heterocycles. The molecule has 2 saturated heterocycles. The van der Waals surface area contributed by atoms with Crippen LogP contribution in [0.15, 0.2) is 35.7 Å². The molecular weight excluding hydrogens is 423 g/mol. The maximum Gasteiger partial charge on any atom is 0.244 e. The Morgan fingerprint density at radius 1 is 1.25 bits per heavy atom. The van der Waals surface area contributed by atoms with Gasteiger partial charge in [0.15, 0.2) is 0 Å². The summed E-state index contributed by atoms with van der Waals surface area (Å²) in [5, 5.41) is 0.471. The fraction of sp³-hybridized carbons (Fsp3) is 0.526. The summed E-state index contributed by atoms with van der Waals surface area (Å²) in [6.07, 6.45) is 3.69. The Labute approximate surface area is 176 Å². The van der Waals surface area contributed by atoms with E-state index >= 15 is 0 Å². The average molecular weight is 447 g/mol. The van der Waals surface area contributed by atoms with Gasteiger partial charge < -0.3 is 9.64 Å². The van der Waals surface area contributed by atoms with Crippen molar-refractivity contribution in [3.63, 3.8) is 0 Å². The number of ether oxygens (including phenoxy) is 1. The van der Waals surface area contributed by atoms with Crippen LogP contribution < -0.4 is 0 Å². The predicted molar refractivity (Wildman–Crippen MR) is 109 cm³/mol. The maximum absolute atomic E-state index is 13.6. The van der Waals surface area contributed by atoms with Crippen molar-refractivity contribution in [3.05, 3.63) is 40.9 Å². The van der Waals surface area contributed by atoms with Gasteiger partial charge in [0.25, 0.3) is 0 Å². The van der Waals surface area contributed by atoms with Crippen LogP contribution in [0.3, 0.4) is 0 Å². The summed E-state index contributed by atoms with van der Waals surface area (Å²) in [4.78, 5) is 14.9. The Hall–Kier alpha value is -1.12. The van der Waals surface area contributed by atoms with Crippen molar-refractivity contribution in [3.8, 4) is 0 Å². The second-order valence-corrected chi connectivity index (χ2v) is 9.85. The maximum atomic E-state index is 13.6. The van der Waals surface area contributed by atoms with E-state index in [1.165, 1.54) is 22.5 Å². The number of rotatable bonds is 6. The molecule has 0 spiro atoms. The van der Waals surface area contributed by atoms with Gasteiger partial charge in [-0.15, -0.1) is 6.58 Å². The number of hydrogen-bond acceptors (Lipinski definition) is 4. The third-order valence-corrected chi connectivity index (χ3v) is 7.76. The van der Waals surface area contributed by atoms with Crippen LogP contribution in [-0.2, 0) is 19.6 Å². The van der Waals surface area contributed by atoms with Crippen molar-refractivity contribution in [2.75, 3.05) is 26.8 Å². The number of nitrogens with zero attached hydrogens (tertiary/aromatic N) is 2. The Morgan fingerprint density at radius 2 is 1.93 bits per heavy atom. The summed E-state index contributed by atoms with van der Waals surface area (Å²) in [6, 6.07) is 3.15. The third-order valence-electron chi connectivity index (χ3n) is 5.41. The molecule has 0 N–H and O–H groups in total. The van der Waals surface area contributed by atoms with Crippen molar-refractivity contribution in [1.82, 2.24) is 9.21 Å². The molecule has 2 bridgehead atoms. The minimum atomic E-state index is -3.97. The molecule has 0 unspecified atom stereocenters. The molecule has 0 radical (unpaired) electrons. The number of fused-ring (bicyclic) bond motifs is 2. The topological polar surface area (TPSA) is 66.9 Å². The Bertz CT molecular complexity index is 841. The summed E-state index contributed by atoms with van der Waals surface area (Å²) in [5.41, 5.74) is 0. The number of piperidine rings is 1. The Balaban J connectivity index is 2.07. The molecule has 28 heavy (non-hydrogen) atoms. The molecule has 3 rings (SSSR count). The average Bonchev–Trinajstić information content (AvgIpc) is 2.72. The molecule has 3 atom stereocenters. The van der Waals surface area contributed by atoms with E-state index in [1.54, 1.807) is 18.1 Å². The lowest BCUT2D eigenvalue weighted by Crippen LogP contribution is -2.54. The first-order valence-electron chi connectivity index (χ1n) is 9.19. The van der Waals surface area contributed by atoms with Gasteiger partial charge in [0, 0.05) is 42.2 Å². The molecule has 2 heterocycles. The zero-order valence-corrected chi connectivity index (χ0v) is 18.0. The van der Waals surface area contributed by atoms with Crippen LogP contribution >= 0.6 is 23.2 Å². The first-order chi connectivity index (χ1) is 13.3. The Morgan fingerprint density at radius 3 is 2.54 bits per heavy atom. The number of sulfonamides is 1. The quantitative estimate of drug-likeness (QED) is 0.629. The van der Waals surface area contributed by atoms with Gasteiger partial charge in [-0.2, -0.15) is 4.31 Å². The van der Waals surface area contributed by atoms with Gasteiger partial charge in [-0.1, -0.05) is 29.3 Å². The van der Waals surface area contributed by atoms with E-state index in [9.17, 15) is 13.2 Å². The molecule has 0 saturated carbocycles. The summed E-state index contributed by atoms with van der Waals surface area (Å²) >= 11 is 12.1. The highest BCUT2D eigenvalue weighted by Crippen LogP contribution is 2.38. The molecular formula is C19H24Cl2N2O4S. The summed E-state index contributed by atoms with van der Waals surface area (Å²) in [5.74, 6) is -0.363. The van der Waals surface area contributed by atoms with Crippen LogP contribution in [0.5, 0.6) is 0 Å². The lowest BCUT2D eigenvalue weighted by molar-refractivity contribution is -0.135. The van der Waals surface area contributed by atoms with E-state index in [4.69, 9.17) is 27.9 Å². The fourth-order valence-corrected chi connectivity index (χ4v) is 6.70. The van der Waals surface area contributed by atoms with E-state index in [0.29, 0.717) is 32.5 Å². The molecule has 2 fully saturated rings. The molecule has 1 aromatic rings. The normalized spacial score (nSPS) is 26.2. The monoisotopic (exact) mass is 446 g/mol. The molecule has 6 nitrogen and oxygen atoms in total. The number of carbonyl (C=O) groups is 1. The zero-order chi connectivity index (χ0) is 20.5. The zero-order valence-electron chi connectivity index (χ0n) is 15.7. The number of methoxy groups -OCH3 is 1. The van der Waals surface area contributed by atoms with Gasteiger partial charge in [-0.3, -0.25) is 4.79 Å². The second kappa shape index (κ2) is 8.71. The fourth-order valence-electron chi connectivity index (χ4n) is 4.10. The summed E-state index contributed by atoms with van der Waals surface area (Å²) in [6.45, 7) is 5.13. The van der Waals surface area contributed by atoms with Gasteiger partial charge in [0.2, 0.25) is 15.9 Å². The highest BCUT2D eigenvalue weighted by molar-refractivity contribution is 7.89. The van der Waals surface area contributed by atoms with Crippen molar-refractivity contribution >= 4 is 39.1 Å². The number of halogens is 2. The number of carbonyl (C=O) groups excluding carboxylic acids is 1. The predicted octanol–water partition coefficient (Wildman–Crippen LogP) is 3.20. The van der Waals surface area contributed by atoms with Crippen molar-refractivity contribution in [1.29, 1.82) is 0 Å². The molecule has 1 amide bonds. The van der Waals surface area contributed by atoms with E-state index in [2.05, 4.69) is 6.58 Å². The number of hydrogen-bond donors (Lipinski definition) is 0. The molecule has 0 aromatic heterocycles. The lowest BCUT2D eigenvalue weighted by atomic mass is 9.90. The number of amides is 1. The molecule has 9 heteroatoms. The summed E-state index contributed by atoms with van der Waals surface area (Å²) < 4.78 is 33.6. The second-order valence-electron chi connectivity index (χ2n) is 7.13. The lowest BCUT2D eigenvalue weighted by Gasteiger charge is -2.40. The van der Waals surface area contributed by atoms with E-state index in [1.807, 2.05) is 0 Å². The van der Waals surface area contributed by atoms with Gasteiger partial charge in [0.1, 0.15) is 6.04 Å². The van der Waals surface area contributed by atoms with E-state index < -0.39 is 16.1 Å². The minimum Gasteiger partial charge on any atom is -0.383 e. The highest BCUT2D eigenvalue weighted by Gasteiger charge is 2.49. The van der Waals surface area contributed by atoms with Gasteiger partial charge in [0.05, 0.1) is 11.5 Å². The van der Waals surface area contributed by atoms with E-state index in [-0.39, 0.29) is 32.8 Å². The van der Waals surface area contributed by atoms with Crippen molar-refractivity contribution < 1.29 is 17.9 Å². The third kappa shape index (κ3) is 4.09. The van der Waals surface area contributed by atoms with Gasteiger partial charge in [-0.05, 0) is 37.5 Å². The molecule has 0 aliphatic carbocycles. The van der Waals surface area contributed by atoms with Crippen LogP contribution in [0, 0.1) is 5.92 Å². The number of benzene rings is 1. The SMILES string of the molecule is C=C[C@@H]1CN(CCOC)C(=O)[C@@H]2CCC[C@H]1N2S(=O)(=O)c1cc(Cl)cc(Cl)c1. The Kier molecular flexibility index (Phi) is 6.72.